The Labute approximate surface area is 124 Å². The Hall–Kier alpha value is -0.530. The number of carbonyl (C=O) groups is 1. The molecule has 0 aliphatic heterocycles. The van der Waals surface area contributed by atoms with Gasteiger partial charge in [-0.3, -0.25) is 4.79 Å². The summed E-state index contributed by atoms with van der Waals surface area (Å²) in [6.45, 7) is 0. The van der Waals surface area contributed by atoms with Crippen LogP contribution in [0.4, 0.5) is 0 Å². The summed E-state index contributed by atoms with van der Waals surface area (Å²) in [5.74, 6) is 1.86. The largest absolute Gasteiger partial charge is 0.369 e. The minimum atomic E-state index is -0.0448. The first-order valence-corrected chi connectivity index (χ1v) is 9.05. The molecule has 0 saturated heterocycles. The maximum absolute atomic E-state index is 11.7. The number of nitrogens with two attached hydrogens (primary N) is 1. The van der Waals surface area contributed by atoms with Gasteiger partial charge in [-0.1, -0.05) is 64.2 Å². The lowest BCUT2D eigenvalue weighted by molar-refractivity contribution is -0.122. The van der Waals surface area contributed by atoms with E-state index < -0.39 is 0 Å². The third-order valence-electron chi connectivity index (χ3n) is 5.70. The molecule has 2 nitrogen and oxygen atoms in total. The molecule has 0 spiro atoms. The minimum absolute atomic E-state index is 0.0448. The summed E-state index contributed by atoms with van der Waals surface area (Å²) < 4.78 is 0. The van der Waals surface area contributed by atoms with Crippen molar-refractivity contribution in [2.24, 2.45) is 23.5 Å². The van der Waals surface area contributed by atoms with Crippen LogP contribution >= 0.6 is 0 Å². The molecule has 0 heterocycles. The molecule has 2 aliphatic carbocycles. The van der Waals surface area contributed by atoms with E-state index in [1.54, 1.807) is 0 Å². The lowest BCUT2D eigenvalue weighted by atomic mass is 9.80. The number of primary amides is 1. The quantitative estimate of drug-likeness (QED) is 0.714. The summed E-state index contributed by atoms with van der Waals surface area (Å²) >= 11 is 0. The monoisotopic (exact) mass is 279 g/mol. The Balaban J connectivity index is 1.67. The molecular weight excluding hydrogens is 246 g/mol. The Morgan fingerprint density at radius 3 is 1.55 bits per heavy atom. The van der Waals surface area contributed by atoms with Crippen LogP contribution < -0.4 is 5.73 Å². The molecule has 2 saturated carbocycles. The van der Waals surface area contributed by atoms with Crippen LogP contribution in [0.3, 0.4) is 0 Å². The standard InChI is InChI=1S/C18H33NO/c19-18(20)17(13-11-15-7-3-1-4-8-15)14-12-16-9-5-2-6-10-16/h15-17H,1-14H2,(H2,19,20). The van der Waals surface area contributed by atoms with Crippen molar-refractivity contribution >= 4 is 5.91 Å². The number of carbonyl (C=O) groups excluding carboxylic acids is 1. The Morgan fingerprint density at radius 2 is 1.20 bits per heavy atom. The highest BCUT2D eigenvalue weighted by Crippen LogP contribution is 2.32. The van der Waals surface area contributed by atoms with Crippen molar-refractivity contribution in [2.45, 2.75) is 89.9 Å². The van der Waals surface area contributed by atoms with Gasteiger partial charge in [0.1, 0.15) is 0 Å². The number of hydrogen-bond donors (Lipinski definition) is 1. The SMILES string of the molecule is NC(=O)C(CCC1CCCCC1)CCC1CCCCC1. The second kappa shape index (κ2) is 8.69. The van der Waals surface area contributed by atoms with Crippen molar-refractivity contribution in [1.29, 1.82) is 0 Å². The summed E-state index contributed by atoms with van der Waals surface area (Å²) in [5, 5.41) is 0. The van der Waals surface area contributed by atoms with E-state index in [0.29, 0.717) is 0 Å². The van der Waals surface area contributed by atoms with Crippen LogP contribution in [-0.2, 0) is 4.79 Å². The number of hydrogen-bond acceptors (Lipinski definition) is 1. The maximum Gasteiger partial charge on any atom is 0.220 e. The molecule has 2 rings (SSSR count). The summed E-state index contributed by atoms with van der Waals surface area (Å²) in [6.07, 6.45) is 18.5. The van der Waals surface area contributed by atoms with Crippen molar-refractivity contribution in [3.05, 3.63) is 0 Å². The topological polar surface area (TPSA) is 43.1 Å². The van der Waals surface area contributed by atoms with E-state index in [1.165, 1.54) is 77.0 Å². The van der Waals surface area contributed by atoms with Crippen molar-refractivity contribution in [3.63, 3.8) is 0 Å². The lowest BCUT2D eigenvalue weighted by Crippen LogP contribution is -2.25. The molecule has 1 amide bonds. The van der Waals surface area contributed by atoms with Crippen molar-refractivity contribution in [2.75, 3.05) is 0 Å². The van der Waals surface area contributed by atoms with Gasteiger partial charge >= 0.3 is 0 Å². The normalized spacial score (nSPS) is 22.2. The second-order valence-corrected chi connectivity index (χ2v) is 7.26. The Morgan fingerprint density at radius 1 is 0.800 bits per heavy atom. The van der Waals surface area contributed by atoms with Crippen LogP contribution in [0.5, 0.6) is 0 Å². The van der Waals surface area contributed by atoms with Gasteiger partial charge in [-0.05, 0) is 37.5 Å². The zero-order valence-electron chi connectivity index (χ0n) is 13.1. The molecule has 0 bridgehead atoms. The van der Waals surface area contributed by atoms with E-state index in [1.807, 2.05) is 0 Å². The predicted molar refractivity (Wildman–Crippen MR) is 84.3 cm³/mol. The minimum Gasteiger partial charge on any atom is -0.369 e. The van der Waals surface area contributed by atoms with E-state index >= 15 is 0 Å². The molecule has 0 radical (unpaired) electrons. The molecule has 0 atom stereocenters. The highest BCUT2D eigenvalue weighted by molar-refractivity contribution is 5.76. The van der Waals surface area contributed by atoms with Gasteiger partial charge in [-0.15, -0.1) is 0 Å². The first-order chi connectivity index (χ1) is 9.75. The summed E-state index contributed by atoms with van der Waals surface area (Å²) in [7, 11) is 0. The maximum atomic E-state index is 11.7. The van der Waals surface area contributed by atoms with E-state index in [4.69, 9.17) is 5.73 Å². The highest BCUT2D eigenvalue weighted by atomic mass is 16.1. The van der Waals surface area contributed by atoms with Crippen molar-refractivity contribution in [1.82, 2.24) is 0 Å². The highest BCUT2D eigenvalue weighted by Gasteiger charge is 2.21. The van der Waals surface area contributed by atoms with Gasteiger partial charge in [0.25, 0.3) is 0 Å². The van der Waals surface area contributed by atoms with Gasteiger partial charge in [0.2, 0.25) is 5.91 Å². The van der Waals surface area contributed by atoms with Crippen LogP contribution in [0, 0.1) is 17.8 Å². The van der Waals surface area contributed by atoms with E-state index in [-0.39, 0.29) is 11.8 Å². The molecular formula is C18H33NO. The molecule has 0 aromatic rings. The Bertz CT molecular complexity index is 255. The zero-order valence-corrected chi connectivity index (χ0v) is 13.1. The molecule has 2 heteroatoms. The van der Waals surface area contributed by atoms with Crippen LogP contribution in [0.2, 0.25) is 0 Å². The predicted octanol–water partition coefficient (Wildman–Crippen LogP) is 4.81. The first kappa shape index (κ1) is 15.9. The average Bonchev–Trinajstić information content (AvgIpc) is 2.49. The number of rotatable bonds is 7. The van der Waals surface area contributed by atoms with E-state index in [2.05, 4.69) is 0 Å². The van der Waals surface area contributed by atoms with Crippen LogP contribution in [0.15, 0.2) is 0 Å². The summed E-state index contributed by atoms with van der Waals surface area (Å²) in [6, 6.07) is 0. The summed E-state index contributed by atoms with van der Waals surface area (Å²) in [5.41, 5.74) is 5.63. The van der Waals surface area contributed by atoms with Crippen LogP contribution in [0.1, 0.15) is 89.9 Å². The molecule has 0 aromatic heterocycles. The van der Waals surface area contributed by atoms with Gasteiger partial charge in [0.05, 0.1) is 0 Å². The smallest absolute Gasteiger partial charge is 0.220 e. The molecule has 0 unspecified atom stereocenters. The third kappa shape index (κ3) is 5.46. The van der Waals surface area contributed by atoms with E-state index in [9.17, 15) is 4.79 Å². The summed E-state index contributed by atoms with van der Waals surface area (Å²) in [4.78, 5) is 11.7. The molecule has 0 aromatic carbocycles. The zero-order chi connectivity index (χ0) is 14.2. The molecule has 2 aliphatic rings. The lowest BCUT2D eigenvalue weighted by Gasteiger charge is -2.25. The fourth-order valence-corrected chi connectivity index (χ4v) is 4.25. The van der Waals surface area contributed by atoms with E-state index in [0.717, 1.165) is 24.7 Å². The van der Waals surface area contributed by atoms with Crippen molar-refractivity contribution < 1.29 is 4.79 Å². The fraction of sp³-hybridized carbons (Fsp3) is 0.944. The van der Waals surface area contributed by atoms with Gasteiger partial charge in [-0.2, -0.15) is 0 Å². The van der Waals surface area contributed by atoms with Gasteiger partial charge in [0.15, 0.2) is 0 Å². The van der Waals surface area contributed by atoms with Gasteiger partial charge < -0.3 is 5.73 Å². The molecule has 20 heavy (non-hydrogen) atoms. The van der Waals surface area contributed by atoms with Gasteiger partial charge in [-0.25, -0.2) is 0 Å². The molecule has 2 N–H and O–H groups in total. The third-order valence-corrected chi connectivity index (χ3v) is 5.70. The first-order valence-electron chi connectivity index (χ1n) is 9.05. The van der Waals surface area contributed by atoms with Crippen LogP contribution in [-0.4, -0.2) is 5.91 Å². The molecule has 116 valence electrons. The number of amides is 1. The van der Waals surface area contributed by atoms with Gasteiger partial charge in [0, 0.05) is 5.92 Å². The van der Waals surface area contributed by atoms with Crippen molar-refractivity contribution in [3.8, 4) is 0 Å². The fourth-order valence-electron chi connectivity index (χ4n) is 4.25. The Kier molecular flexibility index (Phi) is 6.89. The molecule has 2 fully saturated rings. The average molecular weight is 279 g/mol. The second-order valence-electron chi connectivity index (χ2n) is 7.26. The van der Waals surface area contributed by atoms with Crippen LogP contribution in [0.25, 0.3) is 0 Å².